The summed E-state index contributed by atoms with van der Waals surface area (Å²) in [5, 5.41) is 0. The average Bonchev–Trinajstić information content (AvgIpc) is 2.36. The lowest BCUT2D eigenvalue weighted by atomic mass is 10.1. The number of alkyl halides is 3. The monoisotopic (exact) mass is 282 g/mol. The van der Waals surface area contributed by atoms with Crippen LogP contribution in [0.1, 0.15) is 12.5 Å². The van der Waals surface area contributed by atoms with Gasteiger partial charge in [0.1, 0.15) is 5.78 Å². The summed E-state index contributed by atoms with van der Waals surface area (Å²) < 4.78 is 38.6. The number of benzene rings is 1. The topological polar surface area (TPSA) is 24.7 Å². The summed E-state index contributed by atoms with van der Waals surface area (Å²) in [5.74, 6) is -0.172. The van der Waals surface area contributed by atoms with Crippen LogP contribution >= 0.6 is 0 Å². The molecule has 106 valence electrons. The Morgan fingerprint density at radius 1 is 1.50 bits per heavy atom. The van der Waals surface area contributed by atoms with Crippen LogP contribution in [0, 0.1) is 6.57 Å². The molecule has 0 unspecified atom stereocenters. The molecule has 1 rings (SSSR count). The normalized spacial score (nSPS) is 10.8. The number of nitrogens with zero attached hydrogens (tertiary/aromatic N) is 2. The molecule has 0 fully saturated rings. The maximum atomic E-state index is 12.9. The Labute approximate surface area is 115 Å². The van der Waals surface area contributed by atoms with E-state index in [1.165, 1.54) is 24.0 Å². The highest BCUT2D eigenvalue weighted by Crippen LogP contribution is 2.38. The summed E-state index contributed by atoms with van der Waals surface area (Å²) in [7, 11) is 0. The number of anilines is 1. The second-order valence-electron chi connectivity index (χ2n) is 4.18. The van der Waals surface area contributed by atoms with Crippen molar-refractivity contribution in [1.82, 2.24) is 0 Å². The summed E-state index contributed by atoms with van der Waals surface area (Å²) in [5.41, 5.74) is -1.22. The average molecular weight is 282 g/mol. The van der Waals surface area contributed by atoms with Crippen LogP contribution in [0.25, 0.3) is 4.85 Å². The first-order chi connectivity index (χ1) is 9.29. The third-order valence-electron chi connectivity index (χ3n) is 2.53. The van der Waals surface area contributed by atoms with Crippen molar-refractivity contribution in [2.24, 2.45) is 0 Å². The highest BCUT2D eigenvalue weighted by Gasteiger charge is 2.34. The van der Waals surface area contributed by atoms with E-state index in [0.29, 0.717) is 0 Å². The molecular weight excluding hydrogens is 269 g/mol. The van der Waals surface area contributed by atoms with Gasteiger partial charge in [-0.1, -0.05) is 12.1 Å². The summed E-state index contributed by atoms with van der Waals surface area (Å²) >= 11 is 0. The van der Waals surface area contributed by atoms with Crippen LogP contribution in [-0.4, -0.2) is 18.9 Å². The Morgan fingerprint density at radius 3 is 2.60 bits per heavy atom. The fraction of sp³-hybridized carbons (Fsp3) is 0.286. The number of carbonyl (C=O) groups is 1. The van der Waals surface area contributed by atoms with Gasteiger partial charge in [0.2, 0.25) is 0 Å². The first-order valence-electron chi connectivity index (χ1n) is 5.73. The SMILES string of the molecule is [C-]#[N+]c1ccc(N(CC=C)CC(C)=O)cc1C(F)(F)F. The van der Waals surface area contributed by atoms with E-state index in [4.69, 9.17) is 6.57 Å². The molecule has 1 aromatic rings. The van der Waals surface area contributed by atoms with Crippen molar-refractivity contribution in [2.45, 2.75) is 13.1 Å². The molecule has 3 nitrogen and oxygen atoms in total. The minimum atomic E-state index is -4.61. The van der Waals surface area contributed by atoms with E-state index >= 15 is 0 Å². The number of halogens is 3. The van der Waals surface area contributed by atoms with Gasteiger partial charge < -0.3 is 4.90 Å². The lowest BCUT2D eigenvalue weighted by Gasteiger charge is -2.23. The molecule has 0 saturated carbocycles. The molecule has 0 aliphatic heterocycles. The van der Waals surface area contributed by atoms with Crippen LogP contribution < -0.4 is 4.90 Å². The molecule has 0 N–H and O–H groups in total. The number of rotatable bonds is 5. The molecule has 6 heteroatoms. The van der Waals surface area contributed by atoms with E-state index in [1.54, 1.807) is 0 Å². The van der Waals surface area contributed by atoms with Crippen LogP contribution in [0.2, 0.25) is 0 Å². The van der Waals surface area contributed by atoms with Crippen LogP contribution in [-0.2, 0) is 11.0 Å². The number of carbonyl (C=O) groups excluding carboxylic acids is 1. The lowest BCUT2D eigenvalue weighted by Crippen LogP contribution is -2.28. The first kappa shape index (κ1) is 15.8. The summed E-state index contributed by atoms with van der Waals surface area (Å²) in [4.78, 5) is 15.5. The van der Waals surface area contributed by atoms with Gasteiger partial charge in [-0.3, -0.25) is 4.79 Å². The fourth-order valence-electron chi connectivity index (χ4n) is 1.73. The van der Waals surface area contributed by atoms with Gasteiger partial charge in [0.25, 0.3) is 0 Å². The molecule has 0 heterocycles. The zero-order chi connectivity index (χ0) is 15.3. The number of hydrogen-bond donors (Lipinski definition) is 0. The second kappa shape index (κ2) is 6.24. The number of ketones is 1. The Bertz CT molecular complexity index is 559. The van der Waals surface area contributed by atoms with Crippen molar-refractivity contribution in [2.75, 3.05) is 18.0 Å². The number of Topliss-reactive ketones (excluding diaryl/α,β-unsaturated/α-hetero) is 1. The van der Waals surface area contributed by atoms with Gasteiger partial charge in [0.15, 0.2) is 5.69 Å². The molecule has 1 aromatic carbocycles. The van der Waals surface area contributed by atoms with Gasteiger partial charge in [-0.2, -0.15) is 13.2 Å². The van der Waals surface area contributed by atoms with E-state index in [0.717, 1.165) is 12.1 Å². The molecule has 0 bridgehead atoms. The molecule has 0 aliphatic rings. The fourth-order valence-corrected chi connectivity index (χ4v) is 1.73. The number of hydrogen-bond acceptors (Lipinski definition) is 2. The minimum absolute atomic E-state index is 0.0132. The molecule has 20 heavy (non-hydrogen) atoms. The van der Waals surface area contributed by atoms with Gasteiger partial charge >= 0.3 is 6.18 Å². The smallest absolute Gasteiger partial charge is 0.361 e. The van der Waals surface area contributed by atoms with Crippen LogP contribution in [0.4, 0.5) is 24.5 Å². The van der Waals surface area contributed by atoms with Crippen molar-refractivity contribution in [1.29, 1.82) is 0 Å². The Hall–Kier alpha value is -2.29. The van der Waals surface area contributed by atoms with E-state index in [-0.39, 0.29) is 24.6 Å². The van der Waals surface area contributed by atoms with E-state index in [1.807, 2.05) is 0 Å². The summed E-state index contributed by atoms with van der Waals surface area (Å²) in [6.45, 7) is 11.9. The third-order valence-corrected chi connectivity index (χ3v) is 2.53. The quantitative estimate of drug-likeness (QED) is 0.605. The summed E-state index contributed by atoms with van der Waals surface area (Å²) in [6, 6.07) is 3.40. The van der Waals surface area contributed by atoms with Gasteiger partial charge in [-0.05, 0) is 19.1 Å². The van der Waals surface area contributed by atoms with Gasteiger partial charge in [0.05, 0.1) is 18.7 Å². The first-order valence-corrected chi connectivity index (χ1v) is 5.73. The van der Waals surface area contributed by atoms with Crippen molar-refractivity contribution >= 4 is 17.2 Å². The van der Waals surface area contributed by atoms with Crippen LogP contribution in [0.5, 0.6) is 0 Å². The van der Waals surface area contributed by atoms with Crippen LogP contribution in [0.3, 0.4) is 0 Å². The molecule has 0 aromatic heterocycles. The van der Waals surface area contributed by atoms with Gasteiger partial charge in [-0.15, -0.1) is 6.58 Å². The molecule has 0 spiro atoms. The molecule has 0 saturated heterocycles. The predicted octanol–water partition coefficient (Wildman–Crippen LogP) is 3.84. The Balaban J connectivity index is 3.28. The maximum absolute atomic E-state index is 12.9. The van der Waals surface area contributed by atoms with E-state index in [9.17, 15) is 18.0 Å². The van der Waals surface area contributed by atoms with E-state index in [2.05, 4.69) is 11.4 Å². The standard InChI is InChI=1S/C14H13F3N2O/c1-4-7-19(9-10(2)20)11-5-6-13(18-3)12(8-11)14(15,16)17/h4-6,8H,1,7,9H2,2H3. The van der Waals surface area contributed by atoms with Crippen molar-refractivity contribution in [3.63, 3.8) is 0 Å². The molecule has 0 atom stereocenters. The van der Waals surface area contributed by atoms with Crippen molar-refractivity contribution in [3.8, 4) is 0 Å². The van der Waals surface area contributed by atoms with Crippen molar-refractivity contribution in [3.05, 3.63) is 47.8 Å². The Kier molecular flexibility index (Phi) is 4.92. The van der Waals surface area contributed by atoms with Crippen LogP contribution in [0.15, 0.2) is 30.9 Å². The van der Waals surface area contributed by atoms with E-state index < -0.39 is 17.4 Å². The Morgan fingerprint density at radius 2 is 2.15 bits per heavy atom. The second-order valence-corrected chi connectivity index (χ2v) is 4.18. The molecule has 0 aliphatic carbocycles. The van der Waals surface area contributed by atoms with Gasteiger partial charge in [0, 0.05) is 12.2 Å². The zero-order valence-corrected chi connectivity index (χ0v) is 10.9. The largest absolute Gasteiger partial charge is 0.407 e. The highest BCUT2D eigenvalue weighted by molar-refractivity contribution is 5.81. The molecule has 0 amide bonds. The van der Waals surface area contributed by atoms with Crippen molar-refractivity contribution < 1.29 is 18.0 Å². The highest BCUT2D eigenvalue weighted by atomic mass is 19.4. The van der Waals surface area contributed by atoms with Gasteiger partial charge in [-0.25, -0.2) is 4.85 Å². The predicted molar refractivity (Wildman–Crippen MR) is 70.8 cm³/mol. The lowest BCUT2D eigenvalue weighted by molar-refractivity contribution is -0.136. The maximum Gasteiger partial charge on any atom is 0.407 e. The summed E-state index contributed by atoms with van der Waals surface area (Å²) in [6.07, 6.45) is -3.11. The molecule has 0 radical (unpaired) electrons. The third kappa shape index (κ3) is 3.85. The zero-order valence-electron chi connectivity index (χ0n) is 10.9. The molecular formula is C14H13F3N2O. The minimum Gasteiger partial charge on any atom is -0.361 e.